The van der Waals surface area contributed by atoms with Crippen LogP contribution in [0.5, 0.6) is 0 Å². The number of ether oxygens (including phenoxy) is 2. The Balaban J connectivity index is 4.35. The lowest BCUT2D eigenvalue weighted by Gasteiger charge is -2.19. The number of rotatable bonds is 36. The molecule has 0 aromatic heterocycles. The monoisotopic (exact) mass is 737 g/mol. The molecular formula is C41H72NO8P. The van der Waals surface area contributed by atoms with E-state index in [4.69, 9.17) is 24.3 Å². The molecule has 0 fully saturated rings. The van der Waals surface area contributed by atoms with Gasteiger partial charge in [0.1, 0.15) is 6.61 Å². The number of unbranched alkanes of at least 4 members (excludes halogenated alkanes) is 13. The van der Waals surface area contributed by atoms with E-state index in [1.54, 1.807) is 0 Å². The molecule has 0 aliphatic carbocycles. The second-order valence-electron chi connectivity index (χ2n) is 12.8. The third-order valence-electron chi connectivity index (χ3n) is 7.90. The van der Waals surface area contributed by atoms with Crippen LogP contribution in [0.2, 0.25) is 0 Å². The highest BCUT2D eigenvalue weighted by Crippen LogP contribution is 2.43. The predicted octanol–water partition coefficient (Wildman–Crippen LogP) is 10.9. The van der Waals surface area contributed by atoms with Gasteiger partial charge >= 0.3 is 19.8 Å². The summed E-state index contributed by atoms with van der Waals surface area (Å²) in [6, 6.07) is 0. The Labute approximate surface area is 310 Å². The van der Waals surface area contributed by atoms with E-state index in [2.05, 4.69) is 62.5 Å². The van der Waals surface area contributed by atoms with Crippen LogP contribution in [-0.4, -0.2) is 49.3 Å². The van der Waals surface area contributed by atoms with Crippen molar-refractivity contribution < 1.29 is 37.6 Å². The van der Waals surface area contributed by atoms with Gasteiger partial charge in [0.2, 0.25) is 0 Å². The molecule has 2 atom stereocenters. The van der Waals surface area contributed by atoms with Crippen LogP contribution >= 0.6 is 7.82 Å². The zero-order valence-electron chi connectivity index (χ0n) is 32.1. The van der Waals surface area contributed by atoms with Crippen molar-refractivity contribution in [2.75, 3.05) is 26.4 Å². The number of carbonyl (C=O) groups excluding carboxylic acids is 2. The Morgan fingerprint density at radius 2 is 1.06 bits per heavy atom. The normalized spacial score (nSPS) is 14.0. The highest BCUT2D eigenvalue weighted by molar-refractivity contribution is 7.47. The molecule has 0 spiro atoms. The van der Waals surface area contributed by atoms with Crippen molar-refractivity contribution in [3.63, 3.8) is 0 Å². The molecule has 3 N–H and O–H groups in total. The molecule has 0 bridgehead atoms. The molecule has 0 saturated carbocycles. The van der Waals surface area contributed by atoms with Crippen molar-refractivity contribution in [1.82, 2.24) is 0 Å². The van der Waals surface area contributed by atoms with Crippen LogP contribution < -0.4 is 5.73 Å². The fraction of sp³-hybridized carbons (Fsp3) is 0.707. The van der Waals surface area contributed by atoms with Gasteiger partial charge in [0.25, 0.3) is 0 Å². The largest absolute Gasteiger partial charge is 0.472 e. The maximum absolute atomic E-state index is 12.5. The quantitative estimate of drug-likeness (QED) is 0.0279. The highest BCUT2D eigenvalue weighted by Gasteiger charge is 2.25. The van der Waals surface area contributed by atoms with Crippen molar-refractivity contribution in [3.8, 4) is 0 Å². The van der Waals surface area contributed by atoms with Crippen molar-refractivity contribution in [2.45, 2.75) is 161 Å². The van der Waals surface area contributed by atoms with Crippen molar-refractivity contribution in [3.05, 3.63) is 60.8 Å². The molecule has 9 nitrogen and oxygen atoms in total. The zero-order valence-corrected chi connectivity index (χ0v) is 33.0. The van der Waals surface area contributed by atoms with Crippen molar-refractivity contribution in [1.29, 1.82) is 0 Å². The Kier molecular flexibility index (Phi) is 35.8. The van der Waals surface area contributed by atoms with Crippen LogP contribution in [0.4, 0.5) is 0 Å². The number of nitrogens with two attached hydrogens (primary N) is 1. The van der Waals surface area contributed by atoms with Gasteiger partial charge in [-0.15, -0.1) is 0 Å². The molecule has 0 amide bonds. The minimum absolute atomic E-state index is 0.0407. The van der Waals surface area contributed by atoms with E-state index in [0.717, 1.165) is 51.4 Å². The molecule has 0 aromatic rings. The van der Waals surface area contributed by atoms with Gasteiger partial charge in [0.15, 0.2) is 6.10 Å². The lowest BCUT2D eigenvalue weighted by molar-refractivity contribution is -0.161. The van der Waals surface area contributed by atoms with Crippen LogP contribution in [0.25, 0.3) is 0 Å². The smallest absolute Gasteiger partial charge is 0.462 e. The number of phosphoric acid groups is 1. The summed E-state index contributed by atoms with van der Waals surface area (Å²) in [5, 5.41) is 0. The van der Waals surface area contributed by atoms with E-state index in [-0.39, 0.29) is 32.6 Å². The summed E-state index contributed by atoms with van der Waals surface area (Å²) < 4.78 is 32.6. The third kappa shape index (κ3) is 37.3. The van der Waals surface area contributed by atoms with Gasteiger partial charge in [-0.25, -0.2) is 4.57 Å². The first-order chi connectivity index (χ1) is 24.8. The average Bonchev–Trinajstić information content (AvgIpc) is 3.11. The average molecular weight is 738 g/mol. The zero-order chi connectivity index (χ0) is 37.5. The summed E-state index contributed by atoms with van der Waals surface area (Å²) in [5.41, 5.74) is 5.33. The second-order valence-corrected chi connectivity index (χ2v) is 14.3. The van der Waals surface area contributed by atoms with E-state index < -0.39 is 32.5 Å². The Hall–Kier alpha value is -2.29. The number of hydrogen-bond acceptors (Lipinski definition) is 8. The molecule has 0 aliphatic heterocycles. The van der Waals surface area contributed by atoms with Crippen molar-refractivity contribution >= 4 is 19.8 Å². The standard InChI is InChI=1S/C41H72NO8P/c1-3-5-7-9-11-13-15-17-18-19-20-22-24-26-28-30-32-34-41(44)50-39(38-49-51(45,46)48-36-35-42)37-47-40(43)33-31-29-27-25-23-21-16-14-12-10-8-6-4-2/h7,9,13,15,18-19,22,24,28,30,39H,3-6,8,10-12,14,16-17,20-21,23,25-27,29,31-38,42H2,1-2H3,(H,45,46)/b9-7-,15-13-,19-18-,24-22-,30-28-. The summed E-state index contributed by atoms with van der Waals surface area (Å²) in [6.45, 7) is 3.56. The molecule has 0 heterocycles. The summed E-state index contributed by atoms with van der Waals surface area (Å²) in [7, 11) is -4.39. The predicted molar refractivity (Wildman–Crippen MR) is 210 cm³/mol. The van der Waals surface area contributed by atoms with Crippen LogP contribution in [0, 0.1) is 0 Å². The molecule has 2 unspecified atom stereocenters. The first-order valence-corrected chi connectivity index (χ1v) is 21.3. The number of phosphoric ester groups is 1. The number of allylic oxidation sites excluding steroid dienone is 10. The molecular weight excluding hydrogens is 665 g/mol. The fourth-order valence-electron chi connectivity index (χ4n) is 4.98. The van der Waals surface area contributed by atoms with Gasteiger partial charge in [-0.1, -0.05) is 158 Å². The lowest BCUT2D eigenvalue weighted by atomic mass is 10.0. The van der Waals surface area contributed by atoms with E-state index in [9.17, 15) is 19.0 Å². The molecule has 10 heteroatoms. The van der Waals surface area contributed by atoms with E-state index in [0.29, 0.717) is 6.42 Å². The number of esters is 2. The van der Waals surface area contributed by atoms with Gasteiger partial charge in [-0.3, -0.25) is 18.6 Å². The van der Waals surface area contributed by atoms with E-state index in [1.807, 2.05) is 12.2 Å². The Morgan fingerprint density at radius 3 is 1.55 bits per heavy atom. The molecule has 0 radical (unpaired) electrons. The topological polar surface area (TPSA) is 134 Å². The van der Waals surface area contributed by atoms with Crippen LogP contribution in [-0.2, 0) is 32.7 Å². The third-order valence-corrected chi connectivity index (χ3v) is 8.89. The van der Waals surface area contributed by atoms with Crippen LogP contribution in [0.3, 0.4) is 0 Å². The summed E-state index contributed by atoms with van der Waals surface area (Å²) in [5.74, 6) is -0.928. The first-order valence-electron chi connectivity index (χ1n) is 19.8. The SMILES string of the molecule is CCC/C=C\C/C=C\C/C=C\C/C=C\C/C=C\CCC(=O)OC(COC(=O)CCCCCCCCCCCCCCC)COP(=O)(O)OCCN. The number of hydrogen-bond donors (Lipinski definition) is 2. The molecule has 0 rings (SSSR count). The second kappa shape index (κ2) is 37.5. The Morgan fingerprint density at radius 1 is 0.588 bits per heavy atom. The van der Waals surface area contributed by atoms with Gasteiger partial charge < -0.3 is 20.1 Å². The molecule has 0 saturated heterocycles. The van der Waals surface area contributed by atoms with E-state index >= 15 is 0 Å². The maximum atomic E-state index is 12.5. The van der Waals surface area contributed by atoms with Gasteiger partial charge in [-0.05, 0) is 44.9 Å². The first kappa shape index (κ1) is 48.7. The van der Waals surface area contributed by atoms with Gasteiger partial charge in [-0.2, -0.15) is 0 Å². The lowest BCUT2D eigenvalue weighted by Crippen LogP contribution is -2.29. The van der Waals surface area contributed by atoms with Crippen LogP contribution in [0.1, 0.15) is 155 Å². The summed E-state index contributed by atoms with van der Waals surface area (Å²) in [6.07, 6.45) is 42.6. The summed E-state index contributed by atoms with van der Waals surface area (Å²) >= 11 is 0. The maximum Gasteiger partial charge on any atom is 0.472 e. The minimum Gasteiger partial charge on any atom is -0.462 e. The molecule has 0 aliphatic rings. The highest BCUT2D eigenvalue weighted by atomic mass is 31.2. The molecule has 0 aromatic carbocycles. The molecule has 51 heavy (non-hydrogen) atoms. The van der Waals surface area contributed by atoms with Crippen LogP contribution in [0.15, 0.2) is 60.8 Å². The van der Waals surface area contributed by atoms with Gasteiger partial charge in [0.05, 0.1) is 13.2 Å². The minimum atomic E-state index is -4.39. The van der Waals surface area contributed by atoms with E-state index in [1.165, 1.54) is 70.6 Å². The summed E-state index contributed by atoms with van der Waals surface area (Å²) in [4.78, 5) is 34.7. The van der Waals surface area contributed by atoms with Crippen molar-refractivity contribution in [2.24, 2.45) is 5.73 Å². The van der Waals surface area contributed by atoms with Gasteiger partial charge in [0, 0.05) is 19.4 Å². The number of carbonyl (C=O) groups is 2. The Bertz CT molecular complexity index is 1020. The fourth-order valence-corrected chi connectivity index (χ4v) is 5.74. The molecule has 294 valence electrons.